The number of hydrogen-bond acceptors (Lipinski definition) is 2. The van der Waals surface area contributed by atoms with E-state index < -0.39 is 0 Å². The van der Waals surface area contributed by atoms with E-state index in [2.05, 4.69) is 31.4 Å². The van der Waals surface area contributed by atoms with Crippen molar-refractivity contribution in [3.63, 3.8) is 0 Å². The first-order valence-corrected chi connectivity index (χ1v) is 7.00. The zero-order valence-corrected chi connectivity index (χ0v) is 12.5. The highest BCUT2D eigenvalue weighted by Gasteiger charge is 2.09. The van der Waals surface area contributed by atoms with Gasteiger partial charge >= 0.3 is 0 Å². The van der Waals surface area contributed by atoms with Gasteiger partial charge in [0.25, 0.3) is 5.91 Å². The summed E-state index contributed by atoms with van der Waals surface area (Å²) in [4.78, 5) is 12.2. The fourth-order valence-electron chi connectivity index (χ4n) is 1.86. The van der Waals surface area contributed by atoms with E-state index in [0.29, 0.717) is 16.3 Å². The molecule has 0 atom stereocenters. The van der Waals surface area contributed by atoms with Gasteiger partial charge in [-0.05, 0) is 46.3 Å². The number of carbonyl (C=O) groups excluding carboxylic acids is 1. The van der Waals surface area contributed by atoms with Crippen molar-refractivity contribution in [2.24, 2.45) is 0 Å². The third-order valence-corrected chi connectivity index (χ3v) is 3.77. The highest BCUT2D eigenvalue weighted by Crippen LogP contribution is 2.26. The second kappa shape index (κ2) is 5.26. The van der Waals surface area contributed by atoms with Crippen LogP contribution < -0.4 is 5.32 Å². The summed E-state index contributed by atoms with van der Waals surface area (Å²) in [7, 11) is 0. The summed E-state index contributed by atoms with van der Waals surface area (Å²) >= 11 is 9.24. The molecule has 3 rings (SSSR count). The Bertz CT molecular complexity index is 800. The van der Waals surface area contributed by atoms with Gasteiger partial charge in [0.15, 0.2) is 0 Å². The van der Waals surface area contributed by atoms with Crippen LogP contribution in [0.1, 0.15) is 10.4 Å². The normalized spacial score (nSPS) is 10.7. The number of aromatic amines is 1. The van der Waals surface area contributed by atoms with Crippen molar-refractivity contribution in [1.82, 2.24) is 10.2 Å². The van der Waals surface area contributed by atoms with Gasteiger partial charge in [0.05, 0.1) is 17.4 Å². The molecule has 2 aromatic carbocycles. The van der Waals surface area contributed by atoms with Crippen molar-refractivity contribution in [3.8, 4) is 0 Å². The molecule has 0 aliphatic rings. The third-order valence-electron chi connectivity index (χ3n) is 2.88. The quantitative estimate of drug-likeness (QED) is 0.726. The first-order chi connectivity index (χ1) is 9.63. The van der Waals surface area contributed by atoms with Gasteiger partial charge in [-0.1, -0.05) is 17.7 Å². The SMILES string of the molecule is O=C(Nc1ccc(Cl)cc1Br)c1ccc2cn[nH]c2c1. The standard InChI is InChI=1S/C14H9BrClN3O/c15-11-6-10(16)3-4-12(11)18-14(20)8-1-2-9-7-17-19-13(9)5-8/h1-7H,(H,17,19)(H,18,20). The zero-order chi connectivity index (χ0) is 14.1. The van der Waals surface area contributed by atoms with Crippen molar-refractivity contribution in [2.75, 3.05) is 5.32 Å². The lowest BCUT2D eigenvalue weighted by Gasteiger charge is -2.07. The van der Waals surface area contributed by atoms with Crippen LogP contribution in [0.4, 0.5) is 5.69 Å². The monoisotopic (exact) mass is 349 g/mol. The molecule has 0 saturated heterocycles. The Morgan fingerprint density at radius 2 is 2.10 bits per heavy atom. The van der Waals surface area contributed by atoms with E-state index >= 15 is 0 Å². The van der Waals surface area contributed by atoms with Crippen molar-refractivity contribution >= 4 is 50.0 Å². The zero-order valence-electron chi connectivity index (χ0n) is 10.2. The summed E-state index contributed by atoms with van der Waals surface area (Å²) in [6, 6.07) is 10.6. The Hall–Kier alpha value is -1.85. The number of nitrogens with zero attached hydrogens (tertiary/aromatic N) is 1. The Labute approximate surface area is 128 Å². The van der Waals surface area contributed by atoms with Gasteiger partial charge < -0.3 is 5.32 Å². The number of H-pyrrole nitrogens is 1. The van der Waals surface area contributed by atoms with Crippen LogP contribution >= 0.6 is 27.5 Å². The number of aromatic nitrogens is 2. The summed E-state index contributed by atoms with van der Waals surface area (Å²) in [5, 5.41) is 11.2. The lowest BCUT2D eigenvalue weighted by atomic mass is 10.1. The van der Waals surface area contributed by atoms with Crippen LogP contribution in [0.2, 0.25) is 5.02 Å². The Balaban J connectivity index is 1.88. The predicted octanol–water partition coefficient (Wildman–Crippen LogP) is 4.23. The summed E-state index contributed by atoms with van der Waals surface area (Å²) < 4.78 is 0.737. The average Bonchev–Trinajstić information content (AvgIpc) is 2.89. The van der Waals surface area contributed by atoms with E-state index in [1.54, 1.807) is 36.5 Å². The maximum absolute atomic E-state index is 12.2. The lowest BCUT2D eigenvalue weighted by Crippen LogP contribution is -2.12. The van der Waals surface area contributed by atoms with Gasteiger partial charge in [0.2, 0.25) is 0 Å². The smallest absolute Gasteiger partial charge is 0.255 e. The number of anilines is 1. The first-order valence-electron chi connectivity index (χ1n) is 5.83. The van der Waals surface area contributed by atoms with Crippen molar-refractivity contribution in [1.29, 1.82) is 0 Å². The van der Waals surface area contributed by atoms with Gasteiger partial charge in [0, 0.05) is 20.4 Å². The Morgan fingerprint density at radius 1 is 1.25 bits per heavy atom. The first kappa shape index (κ1) is 13.1. The molecule has 100 valence electrons. The minimum Gasteiger partial charge on any atom is -0.321 e. The molecule has 1 heterocycles. The lowest BCUT2D eigenvalue weighted by molar-refractivity contribution is 0.102. The molecule has 1 amide bonds. The van der Waals surface area contributed by atoms with Crippen LogP contribution in [0, 0.1) is 0 Å². The van der Waals surface area contributed by atoms with Crippen LogP contribution in [0.5, 0.6) is 0 Å². The number of benzene rings is 2. The summed E-state index contributed by atoms with van der Waals surface area (Å²) in [5.74, 6) is -0.190. The molecule has 0 aliphatic carbocycles. The molecular formula is C14H9BrClN3O. The average molecular weight is 351 g/mol. The van der Waals surface area contributed by atoms with Crippen LogP contribution in [0.25, 0.3) is 10.9 Å². The van der Waals surface area contributed by atoms with Crippen molar-refractivity contribution in [3.05, 3.63) is 57.7 Å². The van der Waals surface area contributed by atoms with Gasteiger partial charge in [-0.25, -0.2) is 0 Å². The second-order valence-corrected chi connectivity index (χ2v) is 5.54. The van der Waals surface area contributed by atoms with Crippen LogP contribution in [0.15, 0.2) is 47.1 Å². The minimum absolute atomic E-state index is 0.190. The Morgan fingerprint density at radius 3 is 2.90 bits per heavy atom. The van der Waals surface area contributed by atoms with Crippen LogP contribution in [-0.4, -0.2) is 16.1 Å². The third kappa shape index (κ3) is 2.55. The van der Waals surface area contributed by atoms with E-state index in [1.165, 1.54) is 0 Å². The van der Waals surface area contributed by atoms with Crippen LogP contribution in [0.3, 0.4) is 0 Å². The topological polar surface area (TPSA) is 57.8 Å². The molecule has 2 N–H and O–H groups in total. The van der Waals surface area contributed by atoms with E-state index in [4.69, 9.17) is 11.6 Å². The minimum atomic E-state index is -0.190. The number of carbonyl (C=O) groups is 1. The van der Waals surface area contributed by atoms with E-state index in [9.17, 15) is 4.79 Å². The highest BCUT2D eigenvalue weighted by atomic mass is 79.9. The van der Waals surface area contributed by atoms with Crippen molar-refractivity contribution < 1.29 is 4.79 Å². The molecule has 20 heavy (non-hydrogen) atoms. The van der Waals surface area contributed by atoms with E-state index in [0.717, 1.165) is 15.4 Å². The summed E-state index contributed by atoms with van der Waals surface area (Å²) in [6.07, 6.45) is 1.72. The molecule has 0 saturated carbocycles. The summed E-state index contributed by atoms with van der Waals surface area (Å²) in [5.41, 5.74) is 2.06. The molecule has 1 aromatic heterocycles. The molecule has 0 bridgehead atoms. The van der Waals surface area contributed by atoms with Gasteiger partial charge in [-0.2, -0.15) is 5.10 Å². The molecule has 3 aromatic rings. The maximum atomic E-state index is 12.2. The molecule has 0 spiro atoms. The number of nitrogens with one attached hydrogen (secondary N) is 2. The number of hydrogen-bond donors (Lipinski definition) is 2. The molecule has 0 aliphatic heterocycles. The number of fused-ring (bicyclic) bond motifs is 1. The molecule has 4 nitrogen and oxygen atoms in total. The maximum Gasteiger partial charge on any atom is 0.255 e. The Kier molecular flexibility index (Phi) is 3.46. The molecule has 6 heteroatoms. The fraction of sp³-hybridized carbons (Fsp3) is 0. The number of halogens is 2. The molecule has 0 unspecified atom stereocenters. The predicted molar refractivity (Wildman–Crippen MR) is 83.2 cm³/mol. The summed E-state index contributed by atoms with van der Waals surface area (Å²) in [6.45, 7) is 0. The molecule has 0 radical (unpaired) electrons. The van der Waals surface area contributed by atoms with E-state index in [1.807, 2.05) is 6.07 Å². The van der Waals surface area contributed by atoms with Gasteiger partial charge in [-0.15, -0.1) is 0 Å². The highest BCUT2D eigenvalue weighted by molar-refractivity contribution is 9.10. The van der Waals surface area contributed by atoms with Crippen LogP contribution in [-0.2, 0) is 0 Å². The second-order valence-electron chi connectivity index (χ2n) is 4.25. The number of amides is 1. The van der Waals surface area contributed by atoms with E-state index in [-0.39, 0.29) is 5.91 Å². The van der Waals surface area contributed by atoms with Gasteiger partial charge in [-0.3, -0.25) is 9.89 Å². The van der Waals surface area contributed by atoms with Gasteiger partial charge in [0.1, 0.15) is 0 Å². The molecular weight excluding hydrogens is 342 g/mol. The van der Waals surface area contributed by atoms with Crippen molar-refractivity contribution in [2.45, 2.75) is 0 Å². The molecule has 0 fully saturated rings. The number of rotatable bonds is 2. The largest absolute Gasteiger partial charge is 0.321 e. The fourth-order valence-corrected chi connectivity index (χ4v) is 2.65.